The zero-order chi connectivity index (χ0) is 26.8. The zero-order valence-corrected chi connectivity index (χ0v) is 22.0. The van der Waals surface area contributed by atoms with Gasteiger partial charge in [-0.25, -0.2) is 4.79 Å². The zero-order valence-electron chi connectivity index (χ0n) is 22.0. The molecular formula is C30H34BNO5. The van der Waals surface area contributed by atoms with Crippen molar-refractivity contribution in [1.82, 2.24) is 5.32 Å². The van der Waals surface area contributed by atoms with Gasteiger partial charge in [0.15, 0.2) is 0 Å². The summed E-state index contributed by atoms with van der Waals surface area (Å²) in [6.07, 6.45) is 0.143. The summed E-state index contributed by atoms with van der Waals surface area (Å²) in [5.74, 6) is -1.46. The van der Waals surface area contributed by atoms with Crippen LogP contribution in [0.25, 0.3) is 0 Å². The first-order chi connectivity index (χ1) is 17.4. The molecule has 1 aliphatic rings. The summed E-state index contributed by atoms with van der Waals surface area (Å²) in [5, 5.41) is 12.8. The summed E-state index contributed by atoms with van der Waals surface area (Å²) in [7, 11) is -0.494. The molecule has 1 atom stereocenters. The molecule has 3 aromatic rings. The van der Waals surface area contributed by atoms with Crippen molar-refractivity contribution < 1.29 is 24.0 Å². The maximum atomic E-state index is 13.7. The Bertz CT molecular complexity index is 1190. The highest BCUT2D eigenvalue weighted by Gasteiger charge is 2.51. The molecule has 0 saturated carbocycles. The minimum atomic E-state index is -1.10. The van der Waals surface area contributed by atoms with Gasteiger partial charge in [-0.2, -0.15) is 0 Å². The van der Waals surface area contributed by atoms with Crippen molar-refractivity contribution in [2.45, 2.75) is 63.7 Å². The van der Waals surface area contributed by atoms with Gasteiger partial charge < -0.3 is 19.7 Å². The Morgan fingerprint density at radius 1 is 0.838 bits per heavy atom. The van der Waals surface area contributed by atoms with E-state index >= 15 is 0 Å². The molecule has 1 saturated heterocycles. The molecule has 0 radical (unpaired) electrons. The number of carbonyl (C=O) groups excluding carboxylic acids is 1. The second-order valence-electron chi connectivity index (χ2n) is 10.8. The molecule has 4 rings (SSSR count). The Hall–Kier alpha value is -3.42. The number of rotatable bonds is 8. The van der Waals surface area contributed by atoms with Crippen LogP contribution in [-0.2, 0) is 30.7 Å². The summed E-state index contributed by atoms with van der Waals surface area (Å²) >= 11 is 0. The van der Waals surface area contributed by atoms with Gasteiger partial charge in [0, 0.05) is 6.42 Å². The molecule has 1 amide bonds. The molecule has 1 fully saturated rings. The average molecular weight is 499 g/mol. The van der Waals surface area contributed by atoms with Gasteiger partial charge in [0.05, 0.1) is 16.6 Å². The van der Waals surface area contributed by atoms with Gasteiger partial charge in [-0.1, -0.05) is 84.9 Å². The van der Waals surface area contributed by atoms with Gasteiger partial charge >= 0.3 is 13.1 Å². The highest BCUT2D eigenvalue weighted by Crippen LogP contribution is 2.36. The van der Waals surface area contributed by atoms with Crippen LogP contribution in [0.1, 0.15) is 51.3 Å². The van der Waals surface area contributed by atoms with Crippen LogP contribution in [0.5, 0.6) is 0 Å². The normalized spacial score (nSPS) is 17.3. The quantitative estimate of drug-likeness (QED) is 0.456. The Kier molecular flexibility index (Phi) is 7.31. The molecule has 1 aliphatic heterocycles. The molecule has 37 heavy (non-hydrogen) atoms. The van der Waals surface area contributed by atoms with Crippen LogP contribution < -0.4 is 10.8 Å². The molecule has 0 aliphatic carbocycles. The second kappa shape index (κ2) is 10.2. The molecule has 2 N–H and O–H groups in total. The topological polar surface area (TPSA) is 84.9 Å². The summed E-state index contributed by atoms with van der Waals surface area (Å²) < 4.78 is 12.2. The summed E-state index contributed by atoms with van der Waals surface area (Å²) in [5.41, 5.74) is 1.27. The molecule has 0 unspecified atom stereocenters. The van der Waals surface area contributed by atoms with E-state index in [2.05, 4.69) is 5.32 Å². The Morgan fingerprint density at radius 2 is 1.30 bits per heavy atom. The molecule has 7 heteroatoms. The number of carboxylic acid groups (broad SMARTS) is 1. The van der Waals surface area contributed by atoms with Crippen LogP contribution in [0.2, 0.25) is 0 Å². The fraction of sp³-hybridized carbons (Fsp3) is 0.333. The Balaban J connectivity index is 1.53. The van der Waals surface area contributed by atoms with Crippen molar-refractivity contribution in [3.05, 3.63) is 102 Å². The van der Waals surface area contributed by atoms with E-state index in [1.54, 1.807) is 0 Å². The van der Waals surface area contributed by atoms with Crippen LogP contribution in [-0.4, -0.2) is 41.3 Å². The number of hydrogen-bond acceptors (Lipinski definition) is 4. The lowest BCUT2D eigenvalue weighted by molar-refractivity contribution is -0.142. The lowest BCUT2D eigenvalue weighted by Gasteiger charge is -2.32. The van der Waals surface area contributed by atoms with E-state index in [1.807, 2.05) is 120 Å². The number of hydrogen-bond donors (Lipinski definition) is 2. The predicted molar refractivity (Wildman–Crippen MR) is 145 cm³/mol. The molecular weight excluding hydrogens is 465 g/mol. The Morgan fingerprint density at radius 3 is 1.73 bits per heavy atom. The third kappa shape index (κ3) is 5.34. The number of amides is 1. The number of carbonyl (C=O) groups is 2. The highest BCUT2D eigenvalue weighted by atomic mass is 16.7. The van der Waals surface area contributed by atoms with E-state index in [0.717, 1.165) is 22.2 Å². The van der Waals surface area contributed by atoms with E-state index < -0.39 is 35.7 Å². The lowest BCUT2D eigenvalue weighted by Crippen LogP contribution is -2.50. The monoisotopic (exact) mass is 499 g/mol. The third-order valence-electron chi connectivity index (χ3n) is 7.70. The minimum absolute atomic E-state index is 0.143. The van der Waals surface area contributed by atoms with Crippen molar-refractivity contribution in [3.8, 4) is 0 Å². The smallest absolute Gasteiger partial charge is 0.480 e. The minimum Gasteiger partial charge on any atom is -0.480 e. The first-order valence-electron chi connectivity index (χ1n) is 12.5. The molecule has 192 valence electrons. The predicted octanol–water partition coefficient (Wildman–Crippen LogP) is 4.10. The summed E-state index contributed by atoms with van der Waals surface area (Å²) in [6, 6.07) is 25.2. The second-order valence-corrected chi connectivity index (χ2v) is 10.8. The molecule has 3 aromatic carbocycles. The third-order valence-corrected chi connectivity index (χ3v) is 7.70. The van der Waals surface area contributed by atoms with Crippen molar-refractivity contribution in [2.75, 3.05) is 0 Å². The van der Waals surface area contributed by atoms with Crippen LogP contribution in [0, 0.1) is 0 Å². The molecule has 1 heterocycles. The van der Waals surface area contributed by atoms with Gasteiger partial charge in [-0.05, 0) is 56.8 Å². The van der Waals surface area contributed by atoms with Gasteiger partial charge in [-0.15, -0.1) is 0 Å². The molecule has 0 aromatic heterocycles. The molecule has 6 nitrogen and oxygen atoms in total. The van der Waals surface area contributed by atoms with Crippen LogP contribution in [0.3, 0.4) is 0 Å². The van der Waals surface area contributed by atoms with Crippen molar-refractivity contribution in [3.63, 3.8) is 0 Å². The standard InChI is InChI=1S/C30H34BNO5/c1-28(2)29(3,4)37-31(36-28)24-18-16-21(17-19-24)20-25(26(33)34)32-27(35)30(5,22-12-8-6-9-13-22)23-14-10-7-11-15-23/h6-19,25H,20H2,1-5H3,(H,32,35)(H,33,34)/t25-/m0/s1. The first kappa shape index (κ1) is 26.6. The van der Waals surface area contributed by atoms with Gasteiger partial charge in [-0.3, -0.25) is 4.79 Å². The Labute approximate surface area is 219 Å². The van der Waals surface area contributed by atoms with Crippen molar-refractivity contribution in [1.29, 1.82) is 0 Å². The van der Waals surface area contributed by atoms with Crippen LogP contribution in [0.4, 0.5) is 0 Å². The fourth-order valence-corrected chi connectivity index (χ4v) is 4.50. The van der Waals surface area contributed by atoms with E-state index in [-0.39, 0.29) is 12.3 Å². The number of benzene rings is 3. The first-order valence-corrected chi connectivity index (χ1v) is 12.5. The van der Waals surface area contributed by atoms with E-state index in [4.69, 9.17) is 9.31 Å². The molecule has 0 spiro atoms. The maximum Gasteiger partial charge on any atom is 0.494 e. The number of nitrogens with one attached hydrogen (secondary N) is 1. The van der Waals surface area contributed by atoms with Gasteiger partial charge in [0.1, 0.15) is 6.04 Å². The number of carboxylic acids is 1. The van der Waals surface area contributed by atoms with Gasteiger partial charge in [0.25, 0.3) is 0 Å². The SMILES string of the molecule is CC(C(=O)N[C@@H](Cc1ccc(B2OC(C)(C)C(C)(C)O2)cc1)C(=O)O)(c1ccccc1)c1ccccc1. The van der Waals surface area contributed by atoms with Crippen LogP contribution in [0.15, 0.2) is 84.9 Å². The molecule has 0 bridgehead atoms. The van der Waals surface area contributed by atoms with Crippen LogP contribution >= 0.6 is 0 Å². The largest absolute Gasteiger partial charge is 0.494 e. The fourth-order valence-electron chi connectivity index (χ4n) is 4.50. The lowest BCUT2D eigenvalue weighted by atomic mass is 9.75. The maximum absolute atomic E-state index is 13.7. The van der Waals surface area contributed by atoms with Crippen molar-refractivity contribution >= 4 is 24.5 Å². The average Bonchev–Trinajstić information content (AvgIpc) is 3.10. The van der Waals surface area contributed by atoms with E-state index in [9.17, 15) is 14.7 Å². The van der Waals surface area contributed by atoms with E-state index in [0.29, 0.717) is 0 Å². The summed E-state index contributed by atoms with van der Waals surface area (Å²) in [6.45, 7) is 9.83. The van der Waals surface area contributed by atoms with Crippen molar-refractivity contribution in [2.24, 2.45) is 0 Å². The number of aliphatic carboxylic acids is 1. The highest BCUT2D eigenvalue weighted by molar-refractivity contribution is 6.62. The van der Waals surface area contributed by atoms with E-state index in [1.165, 1.54) is 0 Å². The summed E-state index contributed by atoms with van der Waals surface area (Å²) in [4.78, 5) is 25.9. The van der Waals surface area contributed by atoms with Gasteiger partial charge in [0.2, 0.25) is 5.91 Å².